The first-order valence-electron chi connectivity index (χ1n) is 5.14. The predicted molar refractivity (Wildman–Crippen MR) is 55.5 cm³/mol. The third kappa shape index (κ3) is 2.02. The number of phenols is 1. The van der Waals surface area contributed by atoms with Gasteiger partial charge in [-0.3, -0.25) is 4.79 Å². The first-order valence-corrected chi connectivity index (χ1v) is 5.14. The first kappa shape index (κ1) is 10.2. The molecule has 80 valence electrons. The molecule has 0 bridgehead atoms. The van der Waals surface area contributed by atoms with Gasteiger partial charge in [0.1, 0.15) is 11.5 Å². The molecule has 1 fully saturated rings. The molecule has 0 amide bonds. The maximum Gasteiger partial charge on any atom is 0.133 e. The molecule has 1 saturated carbocycles. The van der Waals surface area contributed by atoms with Crippen LogP contribution < -0.4 is 0 Å². The second-order valence-electron chi connectivity index (χ2n) is 4.12. The van der Waals surface area contributed by atoms with E-state index in [0.29, 0.717) is 25.7 Å². The van der Waals surface area contributed by atoms with E-state index >= 15 is 0 Å². The number of Topliss-reactive ketones (excluding diaryl/α,β-unsaturated/α-hetero) is 1. The lowest BCUT2D eigenvalue weighted by atomic mass is 9.79. The van der Waals surface area contributed by atoms with Crippen molar-refractivity contribution in [3.05, 3.63) is 29.8 Å². The van der Waals surface area contributed by atoms with E-state index in [9.17, 15) is 9.90 Å². The van der Waals surface area contributed by atoms with E-state index in [4.69, 9.17) is 5.11 Å². The van der Waals surface area contributed by atoms with E-state index in [-0.39, 0.29) is 11.5 Å². The molecule has 0 heterocycles. The summed E-state index contributed by atoms with van der Waals surface area (Å²) in [7, 11) is 0. The summed E-state index contributed by atoms with van der Waals surface area (Å²) in [5, 5.41) is 19.5. The molecule has 2 rings (SSSR count). The van der Waals surface area contributed by atoms with Gasteiger partial charge in [-0.15, -0.1) is 0 Å². The number of phenolic OH excluding ortho intramolecular Hbond substituents is 1. The van der Waals surface area contributed by atoms with Crippen molar-refractivity contribution >= 4 is 5.78 Å². The number of carbonyl (C=O) groups is 1. The number of rotatable bonds is 1. The van der Waals surface area contributed by atoms with Crippen molar-refractivity contribution in [1.29, 1.82) is 0 Å². The summed E-state index contributed by atoms with van der Waals surface area (Å²) in [6.45, 7) is 0. The summed E-state index contributed by atoms with van der Waals surface area (Å²) in [6.07, 6.45) is 1.85. The summed E-state index contributed by atoms with van der Waals surface area (Å²) in [5.74, 6) is 0.410. The highest BCUT2D eigenvalue weighted by Crippen LogP contribution is 2.36. The van der Waals surface area contributed by atoms with Crippen LogP contribution in [0, 0.1) is 0 Å². The number of hydrogen-bond acceptors (Lipinski definition) is 3. The molecule has 2 N–H and O–H groups in total. The van der Waals surface area contributed by atoms with Gasteiger partial charge < -0.3 is 10.2 Å². The number of benzene rings is 1. The number of aromatic hydroxyl groups is 1. The van der Waals surface area contributed by atoms with Crippen LogP contribution in [0.2, 0.25) is 0 Å². The van der Waals surface area contributed by atoms with Gasteiger partial charge in [-0.2, -0.15) is 0 Å². The highest BCUT2D eigenvalue weighted by molar-refractivity contribution is 5.79. The molecule has 0 saturated heterocycles. The average molecular weight is 206 g/mol. The number of hydrogen-bond donors (Lipinski definition) is 2. The Bertz CT molecular complexity index is 357. The van der Waals surface area contributed by atoms with Crippen LogP contribution in [-0.2, 0) is 10.4 Å². The summed E-state index contributed by atoms with van der Waals surface area (Å²) >= 11 is 0. The van der Waals surface area contributed by atoms with Crippen LogP contribution >= 0.6 is 0 Å². The summed E-state index contributed by atoms with van der Waals surface area (Å²) in [5.41, 5.74) is -0.102. The van der Waals surface area contributed by atoms with Gasteiger partial charge in [0.15, 0.2) is 0 Å². The summed E-state index contributed by atoms with van der Waals surface area (Å²) in [6, 6.07) is 6.55. The van der Waals surface area contributed by atoms with E-state index in [0.717, 1.165) is 5.56 Å². The fourth-order valence-electron chi connectivity index (χ4n) is 2.00. The monoisotopic (exact) mass is 206 g/mol. The Labute approximate surface area is 88.4 Å². The Balaban J connectivity index is 2.22. The molecule has 0 aliphatic heterocycles. The van der Waals surface area contributed by atoms with Crippen molar-refractivity contribution in [2.24, 2.45) is 0 Å². The van der Waals surface area contributed by atoms with Crippen molar-refractivity contribution in [3.63, 3.8) is 0 Å². The zero-order valence-electron chi connectivity index (χ0n) is 8.44. The molecule has 0 unspecified atom stereocenters. The Morgan fingerprint density at radius 1 is 1.07 bits per heavy atom. The van der Waals surface area contributed by atoms with Crippen molar-refractivity contribution in [2.45, 2.75) is 31.3 Å². The topological polar surface area (TPSA) is 57.5 Å². The van der Waals surface area contributed by atoms with E-state index in [1.807, 2.05) is 0 Å². The minimum Gasteiger partial charge on any atom is -0.508 e. The van der Waals surface area contributed by atoms with E-state index < -0.39 is 5.60 Å². The van der Waals surface area contributed by atoms with Crippen molar-refractivity contribution in [3.8, 4) is 5.75 Å². The highest BCUT2D eigenvalue weighted by atomic mass is 16.3. The zero-order valence-corrected chi connectivity index (χ0v) is 8.44. The maximum atomic E-state index is 11.1. The minimum absolute atomic E-state index is 0.189. The van der Waals surface area contributed by atoms with Gasteiger partial charge in [-0.1, -0.05) is 12.1 Å². The van der Waals surface area contributed by atoms with E-state index in [1.54, 1.807) is 24.3 Å². The van der Waals surface area contributed by atoms with Crippen molar-refractivity contribution in [2.75, 3.05) is 0 Å². The van der Waals surface area contributed by atoms with Gasteiger partial charge in [0.05, 0.1) is 5.60 Å². The second-order valence-corrected chi connectivity index (χ2v) is 4.12. The second kappa shape index (κ2) is 3.66. The third-order valence-electron chi connectivity index (χ3n) is 3.04. The molecule has 3 heteroatoms. The normalized spacial score (nSPS) is 20.2. The van der Waals surface area contributed by atoms with Gasteiger partial charge in [0, 0.05) is 12.8 Å². The highest BCUT2D eigenvalue weighted by Gasteiger charge is 2.33. The van der Waals surface area contributed by atoms with Gasteiger partial charge in [-0.05, 0) is 30.5 Å². The van der Waals surface area contributed by atoms with E-state index in [1.165, 1.54) is 0 Å². The van der Waals surface area contributed by atoms with Gasteiger partial charge in [0.25, 0.3) is 0 Å². The molecule has 1 aliphatic rings. The van der Waals surface area contributed by atoms with Gasteiger partial charge >= 0.3 is 0 Å². The van der Waals surface area contributed by atoms with Crippen LogP contribution in [0.25, 0.3) is 0 Å². The van der Waals surface area contributed by atoms with Gasteiger partial charge in [-0.25, -0.2) is 0 Å². The molecule has 0 spiro atoms. The van der Waals surface area contributed by atoms with Crippen LogP contribution in [0.4, 0.5) is 0 Å². The molecule has 1 aliphatic carbocycles. The lowest BCUT2D eigenvalue weighted by Crippen LogP contribution is -2.31. The molecular weight excluding hydrogens is 192 g/mol. The van der Waals surface area contributed by atoms with Crippen LogP contribution in [-0.4, -0.2) is 16.0 Å². The standard InChI is InChI=1S/C12H14O3/c13-10-3-1-9(2-4-10)12(15)7-5-11(14)6-8-12/h1-4,13,15H,5-8H2. The molecule has 3 nitrogen and oxygen atoms in total. The zero-order chi connectivity index (χ0) is 10.9. The van der Waals surface area contributed by atoms with Crippen molar-refractivity contribution < 1.29 is 15.0 Å². The van der Waals surface area contributed by atoms with Crippen LogP contribution in [0.1, 0.15) is 31.2 Å². The molecule has 0 atom stereocenters. The quantitative estimate of drug-likeness (QED) is 0.735. The van der Waals surface area contributed by atoms with Crippen LogP contribution in [0.3, 0.4) is 0 Å². The third-order valence-corrected chi connectivity index (χ3v) is 3.04. The smallest absolute Gasteiger partial charge is 0.133 e. The lowest BCUT2D eigenvalue weighted by molar-refractivity contribution is -0.125. The fourth-order valence-corrected chi connectivity index (χ4v) is 2.00. The molecule has 15 heavy (non-hydrogen) atoms. The SMILES string of the molecule is O=C1CCC(O)(c2ccc(O)cc2)CC1. The number of ketones is 1. The summed E-state index contributed by atoms with van der Waals surface area (Å²) in [4.78, 5) is 11.1. The minimum atomic E-state index is -0.887. The Kier molecular flexibility index (Phi) is 2.49. The van der Waals surface area contributed by atoms with Gasteiger partial charge in [0.2, 0.25) is 0 Å². The average Bonchev–Trinajstić information content (AvgIpc) is 2.24. The Hall–Kier alpha value is -1.35. The first-order chi connectivity index (χ1) is 7.10. The Morgan fingerprint density at radius 2 is 1.60 bits per heavy atom. The number of aliphatic hydroxyl groups is 1. The molecule has 1 aromatic carbocycles. The molecule has 0 radical (unpaired) electrons. The molecule has 0 aromatic heterocycles. The Morgan fingerprint density at radius 3 is 2.13 bits per heavy atom. The lowest BCUT2D eigenvalue weighted by Gasteiger charge is -2.31. The van der Waals surface area contributed by atoms with E-state index in [2.05, 4.69) is 0 Å². The molecular formula is C12H14O3. The van der Waals surface area contributed by atoms with Crippen LogP contribution in [0.15, 0.2) is 24.3 Å². The predicted octanol–water partition coefficient (Wildman–Crippen LogP) is 1.72. The largest absolute Gasteiger partial charge is 0.508 e. The van der Waals surface area contributed by atoms with Crippen molar-refractivity contribution in [1.82, 2.24) is 0 Å². The van der Waals surface area contributed by atoms with Crippen LogP contribution in [0.5, 0.6) is 5.75 Å². The summed E-state index contributed by atoms with van der Waals surface area (Å²) < 4.78 is 0. The molecule has 1 aromatic rings. The fraction of sp³-hybridized carbons (Fsp3) is 0.417. The number of carbonyl (C=O) groups excluding carboxylic acids is 1. The maximum absolute atomic E-state index is 11.1.